The van der Waals surface area contributed by atoms with E-state index in [0.717, 1.165) is 32.0 Å². The normalized spacial score (nSPS) is 11.6. The van der Waals surface area contributed by atoms with Crippen LogP contribution in [0, 0.1) is 0 Å². The van der Waals surface area contributed by atoms with E-state index < -0.39 is 0 Å². The number of benzene rings is 2. The highest BCUT2D eigenvalue weighted by Gasteiger charge is 2.01. The van der Waals surface area contributed by atoms with Crippen molar-refractivity contribution >= 4 is 16.9 Å². The highest BCUT2D eigenvalue weighted by molar-refractivity contribution is 5.80. The third kappa shape index (κ3) is 4.16. The minimum absolute atomic E-state index is 0.781. The Labute approximate surface area is 143 Å². The molecule has 0 atom stereocenters. The summed E-state index contributed by atoms with van der Waals surface area (Å²) in [6.45, 7) is 2.67. The van der Waals surface area contributed by atoms with Gasteiger partial charge in [-0.15, -0.1) is 0 Å². The standard InChI is InChI=1S/C20H24N4/c1-21-20(23-16-17-8-3-2-4-9-17)22-13-7-14-24-15-12-18-10-5-6-11-19(18)24/h2-6,8-12,15H,7,13-14,16H2,1H3,(H2,21,22,23). The van der Waals surface area contributed by atoms with Gasteiger partial charge in [-0.1, -0.05) is 48.5 Å². The fourth-order valence-corrected chi connectivity index (χ4v) is 2.79. The number of hydrogen-bond acceptors (Lipinski definition) is 1. The number of aromatic nitrogens is 1. The first kappa shape index (κ1) is 16.1. The number of rotatable bonds is 6. The monoisotopic (exact) mass is 320 g/mol. The summed E-state index contributed by atoms with van der Waals surface area (Å²) in [6.07, 6.45) is 3.21. The van der Waals surface area contributed by atoms with Crippen LogP contribution in [0.15, 0.2) is 71.9 Å². The van der Waals surface area contributed by atoms with Crippen LogP contribution in [-0.4, -0.2) is 24.1 Å². The van der Waals surface area contributed by atoms with Crippen LogP contribution in [0.5, 0.6) is 0 Å². The molecule has 0 aliphatic carbocycles. The van der Waals surface area contributed by atoms with Gasteiger partial charge in [0.25, 0.3) is 0 Å². The molecule has 3 aromatic rings. The Kier molecular flexibility index (Phi) is 5.51. The molecule has 0 saturated heterocycles. The van der Waals surface area contributed by atoms with Gasteiger partial charge in [0.15, 0.2) is 5.96 Å². The molecule has 0 unspecified atom stereocenters. The van der Waals surface area contributed by atoms with Crippen molar-refractivity contribution in [2.24, 2.45) is 4.99 Å². The van der Waals surface area contributed by atoms with Crippen molar-refractivity contribution in [1.29, 1.82) is 0 Å². The van der Waals surface area contributed by atoms with Gasteiger partial charge < -0.3 is 15.2 Å². The van der Waals surface area contributed by atoms with E-state index in [1.165, 1.54) is 16.5 Å². The van der Waals surface area contributed by atoms with E-state index in [-0.39, 0.29) is 0 Å². The van der Waals surface area contributed by atoms with Crippen molar-refractivity contribution in [2.45, 2.75) is 19.5 Å². The number of nitrogens with one attached hydrogen (secondary N) is 2. The van der Waals surface area contributed by atoms with Crippen molar-refractivity contribution in [2.75, 3.05) is 13.6 Å². The van der Waals surface area contributed by atoms with Gasteiger partial charge in [-0.2, -0.15) is 0 Å². The van der Waals surface area contributed by atoms with Gasteiger partial charge in [0.1, 0.15) is 0 Å². The van der Waals surface area contributed by atoms with Gasteiger partial charge >= 0.3 is 0 Å². The summed E-state index contributed by atoms with van der Waals surface area (Å²) in [6, 6.07) is 21.0. The summed E-state index contributed by atoms with van der Waals surface area (Å²) in [5.74, 6) is 0.844. The van der Waals surface area contributed by atoms with Crippen LogP contribution in [-0.2, 0) is 13.1 Å². The highest BCUT2D eigenvalue weighted by atomic mass is 15.2. The first-order valence-electron chi connectivity index (χ1n) is 8.39. The number of fused-ring (bicyclic) bond motifs is 1. The Morgan fingerprint density at radius 2 is 1.75 bits per heavy atom. The number of aliphatic imine (C=N–C) groups is 1. The van der Waals surface area contributed by atoms with Crippen molar-refractivity contribution < 1.29 is 0 Å². The molecule has 1 heterocycles. The maximum absolute atomic E-state index is 4.28. The number of guanidine groups is 1. The van der Waals surface area contributed by atoms with Crippen LogP contribution in [0.2, 0.25) is 0 Å². The van der Waals surface area contributed by atoms with Crippen molar-refractivity contribution in [1.82, 2.24) is 15.2 Å². The molecule has 1 aromatic heterocycles. The van der Waals surface area contributed by atoms with Gasteiger partial charge in [0.2, 0.25) is 0 Å². The zero-order chi connectivity index (χ0) is 16.6. The lowest BCUT2D eigenvalue weighted by Crippen LogP contribution is -2.37. The molecule has 0 aliphatic heterocycles. The van der Waals surface area contributed by atoms with Gasteiger partial charge in [-0.25, -0.2) is 0 Å². The molecule has 124 valence electrons. The maximum atomic E-state index is 4.28. The lowest BCUT2D eigenvalue weighted by atomic mass is 10.2. The molecule has 0 radical (unpaired) electrons. The molecule has 0 saturated carbocycles. The molecule has 0 fully saturated rings. The van der Waals surface area contributed by atoms with Crippen LogP contribution >= 0.6 is 0 Å². The molecule has 0 aliphatic rings. The lowest BCUT2D eigenvalue weighted by Gasteiger charge is -2.12. The number of hydrogen-bond donors (Lipinski definition) is 2. The average molecular weight is 320 g/mol. The van der Waals surface area contributed by atoms with Crippen LogP contribution in [0.4, 0.5) is 0 Å². The molecule has 24 heavy (non-hydrogen) atoms. The summed E-state index contributed by atoms with van der Waals surface area (Å²) in [5.41, 5.74) is 2.54. The van der Waals surface area contributed by atoms with E-state index in [1.807, 2.05) is 6.07 Å². The molecule has 2 aromatic carbocycles. The summed E-state index contributed by atoms with van der Waals surface area (Å²) in [7, 11) is 1.81. The van der Waals surface area contributed by atoms with Gasteiger partial charge in [0.05, 0.1) is 0 Å². The molecule has 4 nitrogen and oxygen atoms in total. The summed E-state index contributed by atoms with van der Waals surface area (Å²) in [4.78, 5) is 4.28. The van der Waals surface area contributed by atoms with Crippen molar-refractivity contribution in [3.63, 3.8) is 0 Å². The SMILES string of the molecule is CN=C(NCCCn1ccc2ccccc21)NCc1ccccc1. The Morgan fingerprint density at radius 3 is 2.58 bits per heavy atom. The largest absolute Gasteiger partial charge is 0.356 e. The Morgan fingerprint density at radius 1 is 0.958 bits per heavy atom. The maximum Gasteiger partial charge on any atom is 0.191 e. The van der Waals surface area contributed by atoms with Gasteiger partial charge in [-0.3, -0.25) is 4.99 Å². The third-order valence-corrected chi connectivity index (χ3v) is 4.07. The van der Waals surface area contributed by atoms with E-state index in [2.05, 4.69) is 81.0 Å². The zero-order valence-corrected chi connectivity index (χ0v) is 14.1. The van der Waals surface area contributed by atoms with Crippen LogP contribution in [0.25, 0.3) is 10.9 Å². The molecular formula is C20H24N4. The number of aryl methyl sites for hydroxylation is 1. The quantitative estimate of drug-likeness (QED) is 0.415. The van der Waals surface area contributed by atoms with Gasteiger partial charge in [-0.05, 0) is 29.5 Å². The Bertz CT molecular complexity index is 790. The molecule has 0 amide bonds. The molecule has 0 bridgehead atoms. The predicted octanol–water partition coefficient (Wildman–Crippen LogP) is 3.40. The number of nitrogens with zero attached hydrogens (tertiary/aromatic N) is 2. The topological polar surface area (TPSA) is 41.4 Å². The third-order valence-electron chi connectivity index (χ3n) is 4.07. The summed E-state index contributed by atoms with van der Waals surface area (Å²) in [5, 5.41) is 8.01. The van der Waals surface area contributed by atoms with Crippen LogP contribution in [0.3, 0.4) is 0 Å². The minimum atomic E-state index is 0.781. The Balaban J connectivity index is 1.43. The fourth-order valence-electron chi connectivity index (χ4n) is 2.79. The highest BCUT2D eigenvalue weighted by Crippen LogP contribution is 2.15. The van der Waals surface area contributed by atoms with E-state index in [9.17, 15) is 0 Å². The molecule has 2 N–H and O–H groups in total. The molecule has 3 rings (SSSR count). The smallest absolute Gasteiger partial charge is 0.191 e. The van der Waals surface area contributed by atoms with Crippen molar-refractivity contribution in [3.05, 3.63) is 72.4 Å². The Hall–Kier alpha value is -2.75. The van der Waals surface area contributed by atoms with Crippen LogP contribution < -0.4 is 10.6 Å². The molecular weight excluding hydrogens is 296 g/mol. The second-order valence-electron chi connectivity index (χ2n) is 5.76. The minimum Gasteiger partial charge on any atom is -0.356 e. The van der Waals surface area contributed by atoms with Crippen LogP contribution in [0.1, 0.15) is 12.0 Å². The molecule has 0 spiro atoms. The second kappa shape index (κ2) is 8.20. The number of para-hydroxylation sites is 1. The van der Waals surface area contributed by atoms with Gasteiger partial charge in [0, 0.05) is 38.4 Å². The van der Waals surface area contributed by atoms with Crippen molar-refractivity contribution in [3.8, 4) is 0 Å². The summed E-state index contributed by atoms with van der Waals surface area (Å²) >= 11 is 0. The zero-order valence-electron chi connectivity index (χ0n) is 14.1. The average Bonchev–Trinajstić information content (AvgIpc) is 3.05. The van der Waals surface area contributed by atoms with E-state index in [0.29, 0.717) is 0 Å². The van der Waals surface area contributed by atoms with E-state index >= 15 is 0 Å². The molecule has 4 heteroatoms. The summed E-state index contributed by atoms with van der Waals surface area (Å²) < 4.78 is 2.30. The predicted molar refractivity (Wildman–Crippen MR) is 101 cm³/mol. The lowest BCUT2D eigenvalue weighted by molar-refractivity contribution is 0.640. The fraction of sp³-hybridized carbons (Fsp3) is 0.250. The first-order chi connectivity index (χ1) is 11.9. The first-order valence-corrected chi connectivity index (χ1v) is 8.39. The van der Waals surface area contributed by atoms with E-state index in [4.69, 9.17) is 0 Å². The second-order valence-corrected chi connectivity index (χ2v) is 5.76. The van der Waals surface area contributed by atoms with E-state index in [1.54, 1.807) is 7.05 Å².